The minimum Gasteiger partial charge on any atom is -0.353 e. The summed E-state index contributed by atoms with van der Waals surface area (Å²) in [5.41, 5.74) is 0. The Hall–Kier alpha value is -0.280. The Morgan fingerprint density at radius 2 is 1.86 bits per heavy atom. The summed E-state index contributed by atoms with van der Waals surface area (Å²) in [7, 11) is 0. The SMILES string of the molecule is CCCCC(NC(=O)CC(C)C1CCNCC1)C1CCC1.Cl. The van der Waals surface area contributed by atoms with Gasteiger partial charge in [0.15, 0.2) is 0 Å². The molecule has 1 aliphatic heterocycles. The van der Waals surface area contributed by atoms with Crippen molar-refractivity contribution in [3.8, 4) is 0 Å². The van der Waals surface area contributed by atoms with E-state index in [-0.39, 0.29) is 12.4 Å². The van der Waals surface area contributed by atoms with Gasteiger partial charge < -0.3 is 10.6 Å². The zero-order valence-corrected chi connectivity index (χ0v) is 15.2. The first-order valence-electron chi connectivity index (χ1n) is 9.20. The molecule has 2 unspecified atom stereocenters. The van der Waals surface area contributed by atoms with E-state index < -0.39 is 0 Å². The van der Waals surface area contributed by atoms with Crippen LogP contribution in [0.5, 0.6) is 0 Å². The second-order valence-electron chi connectivity index (χ2n) is 7.28. The second kappa shape index (κ2) is 10.5. The van der Waals surface area contributed by atoms with Crippen LogP contribution in [-0.4, -0.2) is 25.0 Å². The van der Waals surface area contributed by atoms with Crippen molar-refractivity contribution in [2.45, 2.75) is 77.7 Å². The predicted molar refractivity (Wildman–Crippen MR) is 95.4 cm³/mol. The van der Waals surface area contributed by atoms with E-state index in [2.05, 4.69) is 24.5 Å². The molecular formula is C18H35ClN2O. The largest absolute Gasteiger partial charge is 0.353 e. The first-order valence-corrected chi connectivity index (χ1v) is 9.20. The first-order chi connectivity index (χ1) is 10.2. The molecule has 0 bridgehead atoms. The summed E-state index contributed by atoms with van der Waals surface area (Å²) in [4.78, 5) is 12.4. The van der Waals surface area contributed by atoms with Crippen LogP contribution in [-0.2, 0) is 4.79 Å². The molecule has 2 N–H and O–H groups in total. The summed E-state index contributed by atoms with van der Waals surface area (Å²) in [6, 6.07) is 0.450. The highest BCUT2D eigenvalue weighted by atomic mass is 35.5. The molecule has 0 spiro atoms. The Morgan fingerprint density at radius 1 is 1.18 bits per heavy atom. The molecule has 4 heteroatoms. The Bertz CT molecular complexity index is 314. The smallest absolute Gasteiger partial charge is 0.220 e. The number of rotatable bonds is 8. The normalized spacial score (nSPS) is 22.3. The molecule has 1 saturated heterocycles. The van der Waals surface area contributed by atoms with Gasteiger partial charge in [0.2, 0.25) is 5.91 Å². The van der Waals surface area contributed by atoms with Crippen molar-refractivity contribution in [2.24, 2.45) is 17.8 Å². The fraction of sp³-hybridized carbons (Fsp3) is 0.944. The molecule has 2 rings (SSSR count). The number of nitrogens with one attached hydrogen (secondary N) is 2. The van der Waals surface area contributed by atoms with Crippen molar-refractivity contribution in [3.63, 3.8) is 0 Å². The fourth-order valence-corrected chi connectivity index (χ4v) is 3.83. The van der Waals surface area contributed by atoms with Crippen LogP contribution in [0.25, 0.3) is 0 Å². The predicted octanol–water partition coefficient (Wildman–Crippen LogP) is 3.91. The van der Waals surface area contributed by atoms with Crippen molar-refractivity contribution in [1.82, 2.24) is 10.6 Å². The molecule has 2 atom stereocenters. The highest BCUT2D eigenvalue weighted by Crippen LogP contribution is 2.32. The molecule has 1 heterocycles. The zero-order chi connectivity index (χ0) is 15.1. The highest BCUT2D eigenvalue weighted by Gasteiger charge is 2.29. The van der Waals surface area contributed by atoms with Gasteiger partial charge in [-0.2, -0.15) is 0 Å². The lowest BCUT2D eigenvalue weighted by molar-refractivity contribution is -0.123. The van der Waals surface area contributed by atoms with Gasteiger partial charge >= 0.3 is 0 Å². The average Bonchev–Trinajstić information content (AvgIpc) is 2.43. The summed E-state index contributed by atoms with van der Waals surface area (Å²) in [5.74, 6) is 2.32. The lowest BCUT2D eigenvalue weighted by Gasteiger charge is -2.35. The standard InChI is InChI=1S/C18H34N2O.ClH/c1-3-4-8-17(16-6-5-7-16)20-18(21)13-14(2)15-9-11-19-12-10-15;/h14-17,19H,3-13H2,1-2H3,(H,20,21);1H. The van der Waals surface area contributed by atoms with Gasteiger partial charge in [0.05, 0.1) is 0 Å². The van der Waals surface area contributed by atoms with Crippen molar-refractivity contribution in [3.05, 3.63) is 0 Å². The number of carbonyl (C=O) groups is 1. The van der Waals surface area contributed by atoms with Crippen molar-refractivity contribution in [1.29, 1.82) is 0 Å². The van der Waals surface area contributed by atoms with Crippen molar-refractivity contribution < 1.29 is 4.79 Å². The number of halogens is 1. The van der Waals surface area contributed by atoms with E-state index in [1.54, 1.807) is 0 Å². The van der Waals surface area contributed by atoms with Gasteiger partial charge in [-0.1, -0.05) is 33.1 Å². The van der Waals surface area contributed by atoms with Crippen LogP contribution in [0.1, 0.15) is 71.6 Å². The minimum absolute atomic E-state index is 0. The monoisotopic (exact) mass is 330 g/mol. The fourth-order valence-electron chi connectivity index (χ4n) is 3.83. The van der Waals surface area contributed by atoms with E-state index in [0.29, 0.717) is 17.9 Å². The van der Waals surface area contributed by atoms with Gasteiger partial charge in [0.1, 0.15) is 0 Å². The third-order valence-corrected chi connectivity index (χ3v) is 5.63. The third-order valence-electron chi connectivity index (χ3n) is 5.63. The van der Waals surface area contributed by atoms with Crippen LogP contribution in [0.3, 0.4) is 0 Å². The molecule has 2 fully saturated rings. The molecule has 3 nitrogen and oxygen atoms in total. The van der Waals surface area contributed by atoms with Crippen LogP contribution in [0, 0.1) is 17.8 Å². The summed E-state index contributed by atoms with van der Waals surface area (Å²) < 4.78 is 0. The number of hydrogen-bond acceptors (Lipinski definition) is 2. The molecule has 1 aliphatic carbocycles. The maximum absolute atomic E-state index is 12.4. The van der Waals surface area contributed by atoms with Gasteiger partial charge in [-0.3, -0.25) is 4.79 Å². The van der Waals surface area contributed by atoms with E-state index in [1.165, 1.54) is 51.4 Å². The van der Waals surface area contributed by atoms with Crippen LogP contribution in [0.15, 0.2) is 0 Å². The maximum atomic E-state index is 12.4. The Kier molecular flexibility index (Phi) is 9.42. The molecule has 1 saturated carbocycles. The first kappa shape index (κ1) is 19.8. The van der Waals surface area contributed by atoms with Crippen LogP contribution >= 0.6 is 12.4 Å². The van der Waals surface area contributed by atoms with Gasteiger partial charge in [0, 0.05) is 12.5 Å². The zero-order valence-electron chi connectivity index (χ0n) is 14.4. The Morgan fingerprint density at radius 3 is 2.41 bits per heavy atom. The summed E-state index contributed by atoms with van der Waals surface area (Å²) >= 11 is 0. The molecule has 0 aromatic rings. The molecule has 1 amide bonds. The number of unbranched alkanes of at least 4 members (excludes halogenated alkanes) is 1. The lowest BCUT2D eigenvalue weighted by atomic mass is 9.77. The summed E-state index contributed by atoms with van der Waals surface area (Å²) in [6.45, 7) is 6.74. The van der Waals surface area contributed by atoms with Crippen LogP contribution < -0.4 is 10.6 Å². The lowest BCUT2D eigenvalue weighted by Crippen LogP contribution is -2.43. The Balaban J connectivity index is 0.00000242. The van der Waals surface area contributed by atoms with Crippen molar-refractivity contribution in [2.75, 3.05) is 13.1 Å². The summed E-state index contributed by atoms with van der Waals surface area (Å²) in [6.07, 6.45) is 10.8. The van der Waals surface area contributed by atoms with Crippen molar-refractivity contribution >= 4 is 18.3 Å². The molecule has 0 aromatic heterocycles. The van der Waals surface area contributed by atoms with E-state index in [4.69, 9.17) is 0 Å². The van der Waals surface area contributed by atoms with Gasteiger partial charge in [-0.05, 0) is 62.9 Å². The number of hydrogen-bond donors (Lipinski definition) is 2. The summed E-state index contributed by atoms with van der Waals surface area (Å²) in [5, 5.41) is 6.78. The molecular weight excluding hydrogens is 296 g/mol. The Labute approximate surface area is 142 Å². The van der Waals surface area contributed by atoms with E-state index in [0.717, 1.165) is 31.3 Å². The van der Waals surface area contributed by atoms with E-state index in [1.807, 2.05) is 0 Å². The quantitative estimate of drug-likeness (QED) is 0.708. The molecule has 22 heavy (non-hydrogen) atoms. The van der Waals surface area contributed by atoms with Gasteiger partial charge in [-0.25, -0.2) is 0 Å². The number of piperidine rings is 1. The molecule has 130 valence electrons. The number of carbonyl (C=O) groups excluding carboxylic acids is 1. The topological polar surface area (TPSA) is 41.1 Å². The van der Waals surface area contributed by atoms with Crippen LogP contribution in [0.4, 0.5) is 0 Å². The van der Waals surface area contributed by atoms with Gasteiger partial charge in [0.25, 0.3) is 0 Å². The molecule has 0 radical (unpaired) electrons. The average molecular weight is 331 g/mol. The highest BCUT2D eigenvalue weighted by molar-refractivity contribution is 5.85. The van der Waals surface area contributed by atoms with E-state index in [9.17, 15) is 4.79 Å². The third kappa shape index (κ3) is 6.08. The minimum atomic E-state index is 0. The number of amides is 1. The van der Waals surface area contributed by atoms with E-state index >= 15 is 0 Å². The molecule has 0 aromatic carbocycles. The second-order valence-corrected chi connectivity index (χ2v) is 7.28. The van der Waals surface area contributed by atoms with Crippen LogP contribution in [0.2, 0.25) is 0 Å². The maximum Gasteiger partial charge on any atom is 0.220 e. The van der Waals surface area contributed by atoms with Gasteiger partial charge in [-0.15, -0.1) is 12.4 Å². The molecule has 2 aliphatic rings.